The molecule has 2 rings (SSSR count). The maximum absolute atomic E-state index is 12.6. The van der Waals surface area contributed by atoms with Crippen molar-refractivity contribution in [1.82, 2.24) is 4.90 Å². The van der Waals surface area contributed by atoms with E-state index in [4.69, 9.17) is 29.6 Å². The van der Waals surface area contributed by atoms with Crippen LogP contribution in [0.1, 0.15) is 35.2 Å². The third kappa shape index (κ3) is 3.07. The molecule has 1 unspecified atom stereocenters. The number of hydrogen-bond acceptors (Lipinski definition) is 2. The average molecular weight is 297 g/mol. The molecule has 2 N–H and O–H groups in total. The monoisotopic (exact) mass is 296 g/mol. The van der Waals surface area contributed by atoms with Crippen LogP contribution in [-0.2, 0) is 0 Å². The highest BCUT2D eigenvalue weighted by atomic mass is 35.5. The van der Waals surface area contributed by atoms with Crippen LogP contribution in [0.3, 0.4) is 0 Å². The Kier molecular flexibility index (Phi) is 4.42. The minimum absolute atomic E-state index is 0.0301. The van der Waals surface area contributed by atoms with E-state index >= 15 is 0 Å². The lowest BCUT2D eigenvalue weighted by molar-refractivity contribution is 0.0681. The van der Waals surface area contributed by atoms with Gasteiger partial charge < -0.3 is 10.6 Å². The Labute approximate surface area is 123 Å². The molecule has 0 spiro atoms. The molecule has 0 saturated carbocycles. The van der Waals surface area contributed by atoms with E-state index in [9.17, 15) is 4.79 Å². The van der Waals surface area contributed by atoms with Crippen LogP contribution in [0.2, 0.25) is 5.02 Å². The van der Waals surface area contributed by atoms with Crippen molar-refractivity contribution in [1.29, 1.82) is 0 Å². The number of rotatable bonds is 2. The highest BCUT2D eigenvalue weighted by Crippen LogP contribution is 2.23. The molecule has 1 fully saturated rings. The number of likely N-dealkylation sites (tertiary alicyclic amines) is 1. The van der Waals surface area contributed by atoms with Gasteiger partial charge in [-0.05, 0) is 43.9 Å². The van der Waals surface area contributed by atoms with Crippen LogP contribution in [0.15, 0.2) is 18.2 Å². The Hall–Kier alpha value is -1.13. The predicted molar refractivity (Wildman–Crippen MR) is 81.6 cm³/mol. The van der Waals surface area contributed by atoms with E-state index in [1.807, 2.05) is 13.0 Å². The Balaban J connectivity index is 2.31. The molecule has 102 valence electrons. The minimum Gasteiger partial charge on any atom is -0.392 e. The van der Waals surface area contributed by atoms with Crippen molar-refractivity contribution in [2.75, 3.05) is 6.54 Å². The van der Waals surface area contributed by atoms with Crippen molar-refractivity contribution in [2.24, 2.45) is 5.73 Å². The Morgan fingerprint density at radius 1 is 1.47 bits per heavy atom. The zero-order valence-electron chi connectivity index (χ0n) is 10.9. The van der Waals surface area contributed by atoms with E-state index in [1.54, 1.807) is 17.0 Å². The summed E-state index contributed by atoms with van der Waals surface area (Å²) in [6.45, 7) is 2.61. The van der Waals surface area contributed by atoms with Gasteiger partial charge in [-0.3, -0.25) is 4.79 Å². The molecule has 1 atom stereocenters. The number of thiocarbonyl (C=S) groups is 1. The number of piperidine rings is 1. The molecule has 1 amide bonds. The maximum Gasteiger partial charge on any atom is 0.254 e. The molecule has 1 aromatic carbocycles. The highest BCUT2D eigenvalue weighted by molar-refractivity contribution is 7.80. The molecule has 1 saturated heterocycles. The molecular formula is C14H17ClN2OS. The number of carbonyl (C=O) groups excluding carboxylic acids is 1. The molecule has 19 heavy (non-hydrogen) atoms. The summed E-state index contributed by atoms with van der Waals surface area (Å²) in [5.41, 5.74) is 7.31. The number of aryl methyl sites for hydroxylation is 1. The zero-order chi connectivity index (χ0) is 14.0. The number of amides is 1. The number of halogens is 1. The van der Waals surface area contributed by atoms with Gasteiger partial charge in [0.05, 0.1) is 11.0 Å². The molecule has 0 radical (unpaired) electrons. The standard InChI is InChI=1S/C14H17ClN2OS/c1-9-5-6-10(15)8-11(9)14(18)17-7-3-2-4-12(17)13(16)19/h5-6,8,12H,2-4,7H2,1H3,(H2,16,19). The topological polar surface area (TPSA) is 46.3 Å². The van der Waals surface area contributed by atoms with Gasteiger partial charge in [0.2, 0.25) is 0 Å². The molecule has 1 aromatic rings. The Bertz CT molecular complexity index is 518. The van der Waals surface area contributed by atoms with Crippen LogP contribution in [-0.4, -0.2) is 28.4 Å². The second kappa shape index (κ2) is 5.88. The minimum atomic E-state index is -0.130. The summed E-state index contributed by atoms with van der Waals surface area (Å²) in [6.07, 6.45) is 2.89. The fourth-order valence-corrected chi connectivity index (χ4v) is 2.87. The molecule has 5 heteroatoms. The third-order valence-electron chi connectivity index (χ3n) is 3.52. The van der Waals surface area contributed by atoms with Gasteiger partial charge in [-0.1, -0.05) is 29.9 Å². The molecule has 0 aromatic heterocycles. The predicted octanol–water partition coefficient (Wildman–Crippen LogP) is 2.93. The number of benzene rings is 1. The van der Waals surface area contributed by atoms with E-state index in [1.165, 1.54) is 0 Å². The van der Waals surface area contributed by atoms with Crippen molar-refractivity contribution in [3.63, 3.8) is 0 Å². The lowest BCUT2D eigenvalue weighted by Gasteiger charge is -2.35. The fourth-order valence-electron chi connectivity index (χ4n) is 2.45. The second-order valence-corrected chi connectivity index (χ2v) is 5.78. The number of hydrogen-bond donors (Lipinski definition) is 1. The molecule has 1 aliphatic heterocycles. The largest absolute Gasteiger partial charge is 0.392 e. The van der Waals surface area contributed by atoms with Crippen molar-refractivity contribution < 1.29 is 4.79 Å². The summed E-state index contributed by atoms with van der Waals surface area (Å²) in [5, 5.41) is 0.567. The quantitative estimate of drug-likeness (QED) is 0.854. The fraction of sp³-hybridized carbons (Fsp3) is 0.429. The maximum atomic E-state index is 12.6. The lowest BCUT2D eigenvalue weighted by atomic mass is 9.99. The van der Waals surface area contributed by atoms with Crippen LogP contribution in [0, 0.1) is 6.92 Å². The number of carbonyl (C=O) groups is 1. The van der Waals surface area contributed by atoms with Crippen LogP contribution < -0.4 is 5.73 Å². The average Bonchev–Trinajstić information content (AvgIpc) is 2.40. The summed E-state index contributed by atoms with van der Waals surface area (Å²) in [4.78, 5) is 14.8. The molecule has 0 bridgehead atoms. The van der Waals surface area contributed by atoms with E-state index in [0.717, 1.165) is 24.8 Å². The SMILES string of the molecule is Cc1ccc(Cl)cc1C(=O)N1CCCCC1C(N)=S. The van der Waals surface area contributed by atoms with Crippen molar-refractivity contribution in [3.8, 4) is 0 Å². The number of nitrogens with zero attached hydrogens (tertiary/aromatic N) is 1. The van der Waals surface area contributed by atoms with Gasteiger partial charge in [-0.2, -0.15) is 0 Å². The first kappa shape index (κ1) is 14.3. The summed E-state index contributed by atoms with van der Waals surface area (Å²) in [7, 11) is 0. The number of nitrogens with two attached hydrogens (primary N) is 1. The van der Waals surface area contributed by atoms with Gasteiger partial charge >= 0.3 is 0 Å². The van der Waals surface area contributed by atoms with Crippen molar-refractivity contribution in [2.45, 2.75) is 32.2 Å². The summed E-state index contributed by atoms with van der Waals surface area (Å²) >= 11 is 11.1. The highest BCUT2D eigenvalue weighted by Gasteiger charge is 2.29. The van der Waals surface area contributed by atoms with Crippen molar-refractivity contribution >= 4 is 34.7 Å². The van der Waals surface area contributed by atoms with Gasteiger partial charge in [-0.25, -0.2) is 0 Å². The molecular weight excluding hydrogens is 280 g/mol. The van der Waals surface area contributed by atoms with Crippen LogP contribution in [0.5, 0.6) is 0 Å². The van der Waals surface area contributed by atoms with Gasteiger partial charge in [0.1, 0.15) is 0 Å². The van der Waals surface area contributed by atoms with E-state index < -0.39 is 0 Å². The molecule has 1 aliphatic rings. The van der Waals surface area contributed by atoms with Gasteiger partial charge in [0.15, 0.2) is 0 Å². The van der Waals surface area contributed by atoms with Gasteiger partial charge in [0, 0.05) is 17.1 Å². The molecule has 1 heterocycles. The van der Waals surface area contributed by atoms with Gasteiger partial charge in [0.25, 0.3) is 5.91 Å². The van der Waals surface area contributed by atoms with E-state index in [-0.39, 0.29) is 11.9 Å². The van der Waals surface area contributed by atoms with E-state index in [2.05, 4.69) is 0 Å². The van der Waals surface area contributed by atoms with Gasteiger partial charge in [-0.15, -0.1) is 0 Å². The smallest absolute Gasteiger partial charge is 0.254 e. The Morgan fingerprint density at radius 2 is 2.21 bits per heavy atom. The molecule has 3 nitrogen and oxygen atoms in total. The first-order valence-electron chi connectivity index (χ1n) is 6.37. The van der Waals surface area contributed by atoms with Crippen LogP contribution in [0.25, 0.3) is 0 Å². The van der Waals surface area contributed by atoms with Crippen molar-refractivity contribution in [3.05, 3.63) is 34.3 Å². The van der Waals surface area contributed by atoms with Crippen LogP contribution >= 0.6 is 23.8 Å². The summed E-state index contributed by atoms with van der Waals surface area (Å²) in [5.74, 6) is -0.0301. The first-order chi connectivity index (χ1) is 9.00. The molecule has 0 aliphatic carbocycles. The zero-order valence-corrected chi connectivity index (χ0v) is 12.4. The summed E-state index contributed by atoms with van der Waals surface area (Å²) in [6, 6.07) is 5.23. The second-order valence-electron chi connectivity index (χ2n) is 4.87. The Morgan fingerprint density at radius 3 is 2.89 bits per heavy atom. The van der Waals surface area contributed by atoms with E-state index in [0.29, 0.717) is 22.1 Å². The summed E-state index contributed by atoms with van der Waals surface area (Å²) < 4.78 is 0. The third-order valence-corrected chi connectivity index (χ3v) is 4.03. The van der Waals surface area contributed by atoms with Crippen LogP contribution in [0.4, 0.5) is 0 Å². The lowest BCUT2D eigenvalue weighted by Crippen LogP contribution is -2.49. The first-order valence-corrected chi connectivity index (χ1v) is 7.16. The normalized spacial score (nSPS) is 19.3.